The number of carbonyl (C=O) groups is 1. The summed E-state index contributed by atoms with van der Waals surface area (Å²) in [4.78, 5) is 10.7. The molecule has 0 saturated carbocycles. The van der Waals surface area contributed by atoms with E-state index in [0.717, 1.165) is 0 Å². The Morgan fingerprint density at radius 1 is 1.43 bits per heavy atom. The van der Waals surface area contributed by atoms with Crippen LogP contribution in [0.4, 0.5) is 5.69 Å². The number of rotatable bonds is 3. The summed E-state index contributed by atoms with van der Waals surface area (Å²) in [5.41, 5.74) is 11.9. The molecule has 0 heterocycles. The Balaban J connectivity index is 3.13. The fourth-order valence-corrected chi connectivity index (χ4v) is 1.12. The van der Waals surface area contributed by atoms with Crippen LogP contribution in [0.2, 0.25) is 0 Å². The van der Waals surface area contributed by atoms with Crippen molar-refractivity contribution in [3.63, 3.8) is 0 Å². The van der Waals surface area contributed by atoms with Crippen LogP contribution in [-0.2, 0) is 0 Å². The summed E-state index contributed by atoms with van der Waals surface area (Å²) in [5, 5.41) is 17.5. The molecule has 1 atom stereocenters. The molecule has 0 aliphatic rings. The van der Waals surface area contributed by atoms with Gasteiger partial charge in [-0.25, -0.2) is 4.79 Å². The van der Waals surface area contributed by atoms with Gasteiger partial charge in [-0.1, -0.05) is 0 Å². The van der Waals surface area contributed by atoms with E-state index in [2.05, 4.69) is 0 Å². The summed E-state index contributed by atoms with van der Waals surface area (Å²) < 4.78 is 0. The van der Waals surface area contributed by atoms with Crippen LogP contribution in [0.5, 0.6) is 0 Å². The van der Waals surface area contributed by atoms with Gasteiger partial charge in [0.15, 0.2) is 0 Å². The number of benzene rings is 1. The zero-order valence-corrected chi connectivity index (χ0v) is 7.47. The SMILES string of the molecule is Nc1cc(C(=O)O)cc(C(N)CO)c1. The Kier molecular flexibility index (Phi) is 3.06. The molecule has 5 heteroatoms. The average molecular weight is 196 g/mol. The fourth-order valence-electron chi connectivity index (χ4n) is 1.12. The molecule has 0 amide bonds. The highest BCUT2D eigenvalue weighted by atomic mass is 16.4. The number of anilines is 1. The third kappa shape index (κ3) is 2.21. The highest BCUT2D eigenvalue weighted by molar-refractivity contribution is 5.89. The highest BCUT2D eigenvalue weighted by Gasteiger charge is 2.10. The maximum absolute atomic E-state index is 10.7. The van der Waals surface area contributed by atoms with Gasteiger partial charge in [-0.15, -0.1) is 0 Å². The van der Waals surface area contributed by atoms with Gasteiger partial charge in [0.1, 0.15) is 0 Å². The number of carboxylic acid groups (broad SMARTS) is 1. The van der Waals surface area contributed by atoms with E-state index in [9.17, 15) is 4.79 Å². The van der Waals surface area contributed by atoms with Crippen molar-refractivity contribution in [1.82, 2.24) is 0 Å². The number of nitrogen functional groups attached to an aromatic ring is 1. The van der Waals surface area contributed by atoms with Gasteiger partial charge >= 0.3 is 5.97 Å². The Hall–Kier alpha value is -1.59. The Morgan fingerprint density at radius 2 is 2.07 bits per heavy atom. The van der Waals surface area contributed by atoms with Gasteiger partial charge in [-0.3, -0.25) is 0 Å². The van der Waals surface area contributed by atoms with Gasteiger partial charge in [0.25, 0.3) is 0 Å². The van der Waals surface area contributed by atoms with Crippen LogP contribution >= 0.6 is 0 Å². The molecular weight excluding hydrogens is 184 g/mol. The fraction of sp³-hybridized carbons (Fsp3) is 0.222. The number of hydrogen-bond acceptors (Lipinski definition) is 4. The normalized spacial score (nSPS) is 12.4. The van der Waals surface area contributed by atoms with Gasteiger partial charge < -0.3 is 21.7 Å². The van der Waals surface area contributed by atoms with Crippen molar-refractivity contribution in [1.29, 1.82) is 0 Å². The van der Waals surface area contributed by atoms with E-state index in [-0.39, 0.29) is 12.2 Å². The molecule has 0 fully saturated rings. The molecule has 0 spiro atoms. The Morgan fingerprint density at radius 3 is 2.57 bits per heavy atom. The van der Waals surface area contributed by atoms with E-state index in [1.165, 1.54) is 12.1 Å². The van der Waals surface area contributed by atoms with Crippen LogP contribution in [0.1, 0.15) is 22.0 Å². The van der Waals surface area contributed by atoms with Gasteiger partial charge in [-0.05, 0) is 23.8 Å². The lowest BCUT2D eigenvalue weighted by atomic mass is 10.0. The largest absolute Gasteiger partial charge is 0.478 e. The first-order valence-electron chi connectivity index (χ1n) is 4.04. The molecular formula is C9H12N2O3. The van der Waals surface area contributed by atoms with Crippen molar-refractivity contribution in [3.05, 3.63) is 29.3 Å². The van der Waals surface area contributed by atoms with E-state index in [0.29, 0.717) is 11.3 Å². The van der Waals surface area contributed by atoms with Gasteiger partial charge in [-0.2, -0.15) is 0 Å². The minimum atomic E-state index is -1.07. The Bertz CT molecular complexity index is 352. The average Bonchev–Trinajstić information content (AvgIpc) is 2.15. The summed E-state index contributed by atoms with van der Waals surface area (Å²) in [7, 11) is 0. The van der Waals surface area contributed by atoms with Crippen LogP contribution < -0.4 is 11.5 Å². The first-order valence-corrected chi connectivity index (χ1v) is 4.04. The predicted octanol–water partition coefficient (Wildman–Crippen LogP) is -0.0409. The first kappa shape index (κ1) is 10.5. The molecule has 0 aliphatic carbocycles. The molecule has 14 heavy (non-hydrogen) atoms. The number of aliphatic hydroxyl groups is 1. The summed E-state index contributed by atoms with van der Waals surface area (Å²) in [6.45, 7) is -0.248. The summed E-state index contributed by atoms with van der Waals surface area (Å²) >= 11 is 0. The highest BCUT2D eigenvalue weighted by Crippen LogP contribution is 2.17. The van der Waals surface area contributed by atoms with Crippen molar-refractivity contribution < 1.29 is 15.0 Å². The second kappa shape index (κ2) is 4.08. The second-order valence-electron chi connectivity index (χ2n) is 2.98. The molecule has 0 saturated heterocycles. The summed E-state index contributed by atoms with van der Waals surface area (Å²) in [5.74, 6) is -1.07. The van der Waals surface area contributed by atoms with E-state index in [1.54, 1.807) is 6.07 Å². The molecule has 6 N–H and O–H groups in total. The molecule has 0 bridgehead atoms. The monoisotopic (exact) mass is 196 g/mol. The molecule has 0 aromatic heterocycles. The third-order valence-electron chi connectivity index (χ3n) is 1.85. The lowest BCUT2D eigenvalue weighted by Crippen LogP contribution is -2.15. The zero-order chi connectivity index (χ0) is 10.7. The molecule has 1 rings (SSSR count). The van der Waals surface area contributed by atoms with Crippen LogP contribution in [0.25, 0.3) is 0 Å². The van der Waals surface area contributed by atoms with Crippen molar-refractivity contribution >= 4 is 11.7 Å². The van der Waals surface area contributed by atoms with Gasteiger partial charge in [0.05, 0.1) is 18.2 Å². The van der Waals surface area contributed by atoms with Crippen LogP contribution in [-0.4, -0.2) is 22.8 Å². The van der Waals surface area contributed by atoms with E-state index < -0.39 is 12.0 Å². The summed E-state index contributed by atoms with van der Waals surface area (Å²) in [6, 6.07) is 3.69. The molecule has 5 nitrogen and oxygen atoms in total. The maximum atomic E-state index is 10.7. The molecule has 76 valence electrons. The third-order valence-corrected chi connectivity index (χ3v) is 1.85. The molecule has 0 aliphatic heterocycles. The van der Waals surface area contributed by atoms with Gasteiger partial charge in [0, 0.05) is 5.69 Å². The second-order valence-corrected chi connectivity index (χ2v) is 2.98. The number of hydrogen-bond donors (Lipinski definition) is 4. The Labute approximate surface area is 81.0 Å². The quantitative estimate of drug-likeness (QED) is 0.507. The number of aliphatic hydroxyl groups excluding tert-OH is 1. The van der Waals surface area contributed by atoms with Gasteiger partial charge in [0.2, 0.25) is 0 Å². The van der Waals surface area contributed by atoms with E-state index >= 15 is 0 Å². The minimum absolute atomic E-state index is 0.0731. The van der Waals surface area contributed by atoms with Crippen LogP contribution in [0.3, 0.4) is 0 Å². The lowest BCUT2D eigenvalue weighted by molar-refractivity contribution is 0.0696. The topological polar surface area (TPSA) is 110 Å². The van der Waals surface area contributed by atoms with Crippen molar-refractivity contribution in [2.24, 2.45) is 5.73 Å². The molecule has 1 unspecified atom stereocenters. The smallest absolute Gasteiger partial charge is 0.335 e. The minimum Gasteiger partial charge on any atom is -0.478 e. The van der Waals surface area contributed by atoms with E-state index in [1.807, 2.05) is 0 Å². The van der Waals surface area contributed by atoms with Crippen LogP contribution in [0.15, 0.2) is 18.2 Å². The van der Waals surface area contributed by atoms with Crippen LogP contribution in [0, 0.1) is 0 Å². The standard InChI is InChI=1S/C9H12N2O3/c10-7-2-5(8(11)4-12)1-6(3-7)9(13)14/h1-3,8,12H,4,10-11H2,(H,13,14). The summed E-state index contributed by atoms with van der Waals surface area (Å²) in [6.07, 6.45) is 0. The molecule has 1 aromatic carbocycles. The maximum Gasteiger partial charge on any atom is 0.335 e. The first-order chi connectivity index (χ1) is 6.54. The molecule has 0 radical (unpaired) electrons. The van der Waals surface area contributed by atoms with Crippen molar-refractivity contribution in [2.75, 3.05) is 12.3 Å². The zero-order valence-electron chi connectivity index (χ0n) is 7.47. The van der Waals surface area contributed by atoms with E-state index in [4.69, 9.17) is 21.7 Å². The predicted molar refractivity (Wildman–Crippen MR) is 51.8 cm³/mol. The number of aromatic carboxylic acids is 1. The molecule has 1 aromatic rings. The number of carboxylic acids is 1. The van der Waals surface area contributed by atoms with Crippen molar-refractivity contribution in [2.45, 2.75) is 6.04 Å². The number of nitrogens with two attached hydrogens (primary N) is 2. The van der Waals surface area contributed by atoms with Crippen molar-refractivity contribution in [3.8, 4) is 0 Å². The lowest BCUT2D eigenvalue weighted by Gasteiger charge is -2.10.